The van der Waals surface area contributed by atoms with Crippen molar-refractivity contribution in [2.75, 3.05) is 6.54 Å². The van der Waals surface area contributed by atoms with E-state index in [4.69, 9.17) is 23.2 Å². The van der Waals surface area contributed by atoms with Gasteiger partial charge in [0.05, 0.1) is 5.92 Å². The molecule has 0 unspecified atom stereocenters. The molecule has 3 aromatic carbocycles. The fraction of sp³-hybridized carbons (Fsp3) is 0.200. The molecule has 0 amide bonds. The molecule has 0 aliphatic heterocycles. The van der Waals surface area contributed by atoms with Crippen LogP contribution in [0.3, 0.4) is 0 Å². The van der Waals surface area contributed by atoms with E-state index in [0.29, 0.717) is 21.2 Å². The first-order valence-electron chi connectivity index (χ1n) is 10.1. The first kappa shape index (κ1) is 22.2. The van der Waals surface area contributed by atoms with E-state index in [1.165, 1.54) is 0 Å². The van der Waals surface area contributed by atoms with E-state index < -0.39 is 22.7 Å². The number of fused-ring (bicyclic) bond motifs is 1. The van der Waals surface area contributed by atoms with Crippen LogP contribution < -0.4 is 0 Å². The highest BCUT2D eigenvalue weighted by Gasteiger charge is 2.47. The van der Waals surface area contributed by atoms with Crippen molar-refractivity contribution in [3.05, 3.63) is 115 Å². The lowest BCUT2D eigenvalue weighted by Crippen LogP contribution is -2.28. The monoisotopic (exact) mass is 467 g/mol. The molecular weight excluding hydrogens is 449 g/mol. The van der Waals surface area contributed by atoms with Crippen molar-refractivity contribution in [1.82, 2.24) is 0 Å². The Balaban J connectivity index is 1.75. The van der Waals surface area contributed by atoms with Gasteiger partial charge in [-0.05, 0) is 59.7 Å². The van der Waals surface area contributed by atoms with Gasteiger partial charge in [0.2, 0.25) is 6.54 Å². The number of halogens is 2. The maximum atomic E-state index is 13.6. The minimum absolute atomic E-state index is 0.0663. The van der Waals surface area contributed by atoms with Crippen molar-refractivity contribution >= 4 is 34.8 Å². The zero-order chi connectivity index (χ0) is 22.8. The van der Waals surface area contributed by atoms with E-state index in [9.17, 15) is 19.7 Å². The van der Waals surface area contributed by atoms with Crippen molar-refractivity contribution < 1.29 is 14.5 Å². The summed E-state index contributed by atoms with van der Waals surface area (Å²) in [5, 5.41) is 12.5. The lowest BCUT2D eigenvalue weighted by Gasteiger charge is -2.22. The van der Waals surface area contributed by atoms with E-state index in [1.54, 1.807) is 54.6 Å². The number of nitro groups is 1. The average Bonchev–Trinajstić information content (AvgIpc) is 3.07. The molecular formula is C25H19Cl2NO4. The number of carbonyl (C=O) groups excluding carboxylic acids is 2. The maximum absolute atomic E-state index is 13.6. The van der Waals surface area contributed by atoms with Gasteiger partial charge in [0.25, 0.3) is 0 Å². The molecule has 1 aliphatic rings. The number of nitrogens with zero attached hydrogens (tertiary/aromatic N) is 1. The van der Waals surface area contributed by atoms with Gasteiger partial charge in [0.1, 0.15) is 0 Å². The number of rotatable bonds is 7. The minimum Gasteiger partial charge on any atom is -0.294 e. The van der Waals surface area contributed by atoms with E-state index in [1.807, 2.05) is 18.2 Å². The van der Waals surface area contributed by atoms with E-state index >= 15 is 0 Å². The Morgan fingerprint density at radius 1 is 0.781 bits per heavy atom. The minimum atomic E-state index is -0.727. The Bertz CT molecular complexity index is 1180. The lowest BCUT2D eigenvalue weighted by molar-refractivity contribution is -0.484. The summed E-state index contributed by atoms with van der Waals surface area (Å²) in [6.07, 6.45) is 0.0663. The summed E-state index contributed by atoms with van der Waals surface area (Å²) >= 11 is 11.9. The van der Waals surface area contributed by atoms with Crippen LogP contribution in [0.25, 0.3) is 0 Å². The van der Waals surface area contributed by atoms with Crippen LogP contribution in [-0.2, 0) is 0 Å². The van der Waals surface area contributed by atoms with Crippen LogP contribution in [0.5, 0.6) is 0 Å². The van der Waals surface area contributed by atoms with Crippen molar-refractivity contribution in [1.29, 1.82) is 0 Å². The quantitative estimate of drug-likeness (QED) is 0.234. The fourth-order valence-electron chi connectivity index (χ4n) is 4.59. The fourth-order valence-corrected chi connectivity index (χ4v) is 4.84. The lowest BCUT2D eigenvalue weighted by atomic mass is 9.78. The molecule has 0 fully saturated rings. The summed E-state index contributed by atoms with van der Waals surface area (Å²) < 4.78 is 0. The zero-order valence-electron chi connectivity index (χ0n) is 16.9. The van der Waals surface area contributed by atoms with Gasteiger partial charge in [-0.2, -0.15) is 0 Å². The van der Waals surface area contributed by atoms with E-state index in [-0.39, 0.29) is 24.5 Å². The predicted molar refractivity (Wildman–Crippen MR) is 123 cm³/mol. The van der Waals surface area contributed by atoms with Crippen LogP contribution >= 0.6 is 23.2 Å². The van der Waals surface area contributed by atoms with Crippen molar-refractivity contribution in [3.8, 4) is 0 Å². The highest BCUT2D eigenvalue weighted by atomic mass is 35.5. The third-order valence-corrected chi connectivity index (χ3v) is 6.51. The Hall–Kier alpha value is -3.02. The highest BCUT2D eigenvalue weighted by Crippen LogP contribution is 2.50. The molecule has 0 aromatic heterocycles. The van der Waals surface area contributed by atoms with Crippen molar-refractivity contribution in [3.63, 3.8) is 0 Å². The third-order valence-electron chi connectivity index (χ3n) is 6.01. The highest BCUT2D eigenvalue weighted by molar-refractivity contribution is 6.31. The van der Waals surface area contributed by atoms with Crippen molar-refractivity contribution in [2.45, 2.75) is 18.3 Å². The van der Waals surface area contributed by atoms with Crippen LogP contribution in [0.4, 0.5) is 0 Å². The molecule has 0 spiro atoms. The summed E-state index contributed by atoms with van der Waals surface area (Å²) in [6, 6.07) is 20.4. The summed E-state index contributed by atoms with van der Waals surface area (Å²) in [5.74, 6) is -2.18. The van der Waals surface area contributed by atoms with E-state index in [2.05, 4.69) is 0 Å². The second-order valence-corrected chi connectivity index (χ2v) is 8.76. The molecule has 162 valence electrons. The van der Waals surface area contributed by atoms with Crippen LogP contribution in [0.2, 0.25) is 10.0 Å². The summed E-state index contributed by atoms with van der Waals surface area (Å²) in [4.78, 5) is 37.8. The number of benzene rings is 3. The second kappa shape index (κ2) is 9.23. The zero-order valence-corrected chi connectivity index (χ0v) is 18.4. The Morgan fingerprint density at radius 3 is 1.81 bits per heavy atom. The third kappa shape index (κ3) is 4.45. The molecule has 0 saturated heterocycles. The number of ketones is 2. The van der Waals surface area contributed by atoms with Gasteiger partial charge in [-0.3, -0.25) is 19.7 Å². The first-order valence-corrected chi connectivity index (χ1v) is 10.9. The number of hydrogen-bond donors (Lipinski definition) is 0. The topological polar surface area (TPSA) is 77.3 Å². The van der Waals surface area contributed by atoms with Crippen LogP contribution in [0, 0.1) is 16.0 Å². The normalized spacial score (nSPS) is 19.4. The summed E-state index contributed by atoms with van der Waals surface area (Å²) in [5.41, 5.74) is 2.48. The maximum Gasteiger partial charge on any atom is 0.211 e. The Morgan fingerprint density at radius 2 is 1.28 bits per heavy atom. The molecule has 32 heavy (non-hydrogen) atoms. The first-order chi connectivity index (χ1) is 15.3. The van der Waals surface area contributed by atoms with Gasteiger partial charge in [0, 0.05) is 44.4 Å². The Labute approximate surface area is 195 Å². The molecule has 0 N–H and O–H groups in total. The van der Waals surface area contributed by atoms with Crippen LogP contribution in [0.15, 0.2) is 72.8 Å². The van der Waals surface area contributed by atoms with Gasteiger partial charge in [-0.1, -0.05) is 47.5 Å². The smallest absolute Gasteiger partial charge is 0.211 e. The molecule has 1 aliphatic carbocycles. The molecule has 3 aromatic rings. The van der Waals surface area contributed by atoms with Gasteiger partial charge < -0.3 is 0 Å². The molecule has 4 rings (SSSR count). The SMILES string of the molecule is O=C(C[C@H]1c2ccccc2[C@@H](C[N+](=O)[O-])[C@@H]1C(=O)c1ccc(Cl)cc1)c1ccc(Cl)cc1. The summed E-state index contributed by atoms with van der Waals surface area (Å²) in [6.45, 7) is -0.382. The van der Waals surface area contributed by atoms with Crippen LogP contribution in [-0.4, -0.2) is 23.0 Å². The Kier molecular flexibility index (Phi) is 6.40. The summed E-state index contributed by atoms with van der Waals surface area (Å²) in [7, 11) is 0. The number of hydrogen-bond acceptors (Lipinski definition) is 4. The molecule has 0 radical (unpaired) electrons. The van der Waals surface area contributed by atoms with Gasteiger partial charge in [0.15, 0.2) is 11.6 Å². The largest absolute Gasteiger partial charge is 0.294 e. The average molecular weight is 468 g/mol. The number of Topliss-reactive ketones (excluding diaryl/α,β-unsaturated/α-hetero) is 2. The molecule has 0 bridgehead atoms. The van der Waals surface area contributed by atoms with E-state index in [0.717, 1.165) is 11.1 Å². The molecule has 7 heteroatoms. The molecule has 5 nitrogen and oxygen atoms in total. The van der Waals surface area contributed by atoms with Gasteiger partial charge >= 0.3 is 0 Å². The van der Waals surface area contributed by atoms with Crippen molar-refractivity contribution in [2.24, 2.45) is 5.92 Å². The van der Waals surface area contributed by atoms with Gasteiger partial charge in [-0.25, -0.2) is 0 Å². The van der Waals surface area contributed by atoms with Gasteiger partial charge in [-0.15, -0.1) is 0 Å². The predicted octanol–water partition coefficient (Wildman–Crippen LogP) is 6.22. The van der Waals surface area contributed by atoms with Crippen LogP contribution in [0.1, 0.15) is 50.1 Å². The molecule has 0 saturated carbocycles. The second-order valence-electron chi connectivity index (χ2n) is 7.89. The standard InChI is InChI=1S/C25H19Cl2NO4/c26-17-9-5-15(6-10-17)23(29)13-21-19-3-1-2-4-20(19)22(14-28(31)32)24(21)25(30)16-7-11-18(27)12-8-16/h1-12,21-22,24H,13-14H2/t21-,22+,24+/m0/s1. The molecule has 0 heterocycles. The number of carbonyl (C=O) groups is 2. The molecule has 3 atom stereocenters.